The van der Waals surface area contributed by atoms with Gasteiger partial charge in [-0.15, -0.1) is 0 Å². The lowest BCUT2D eigenvalue weighted by Crippen LogP contribution is -2.79. The normalized spacial score (nSPS) is 44.6. The third-order valence-electron chi connectivity index (χ3n) is 8.72. The Kier molecular flexibility index (Phi) is 2.58. The molecule has 0 amide bonds. The summed E-state index contributed by atoms with van der Waals surface area (Å²) in [7, 11) is 0. The van der Waals surface area contributed by atoms with Crippen molar-refractivity contribution in [1.29, 1.82) is 0 Å². The Morgan fingerprint density at radius 3 is 2.72 bits per heavy atom. The molecule has 4 aliphatic carbocycles. The molecule has 4 heteroatoms. The van der Waals surface area contributed by atoms with Crippen LogP contribution in [-0.4, -0.2) is 45.0 Å². The van der Waals surface area contributed by atoms with E-state index < -0.39 is 5.60 Å². The van der Waals surface area contributed by atoms with Crippen LogP contribution in [0.1, 0.15) is 56.1 Å². The van der Waals surface area contributed by atoms with Gasteiger partial charge in [0, 0.05) is 35.5 Å². The number of fused-ring (bicyclic) bond motifs is 1. The fraction of sp³-hybridized carbons (Fsp3) is 0.714. The molecule has 3 saturated carbocycles. The van der Waals surface area contributed by atoms with Crippen LogP contribution in [0.5, 0.6) is 11.5 Å². The highest BCUT2D eigenvalue weighted by molar-refractivity contribution is 5.61. The predicted molar refractivity (Wildman–Crippen MR) is 93.7 cm³/mol. The molecule has 1 aromatic rings. The maximum absolute atomic E-state index is 12.1. The standard InChI is InChI=1S/C21H27NO3/c23-15-6-5-14-9-16-21(25)19(12-22(16)10-13-3-1-4-13)7-2-8-20(21,11-19)17(14)18(15)24/h5-6,13,16,23-25H,1-4,7-12H2/t16-,19?,20?,21?/m1/s1. The second-order valence-electron chi connectivity index (χ2n) is 9.57. The summed E-state index contributed by atoms with van der Waals surface area (Å²) in [4.78, 5) is 2.60. The molecule has 3 N–H and O–H groups in total. The lowest BCUT2D eigenvalue weighted by molar-refractivity contribution is -0.253. The highest BCUT2D eigenvalue weighted by Gasteiger charge is 2.83. The SMILES string of the molecule is Oc1ccc2c(c1O)C13CCCC4(CN(CC5CCC5)[C@H](C2)C41O)C3. The second kappa shape index (κ2) is 4.34. The molecular formula is C21H27NO3. The number of nitrogens with zero attached hydrogens (tertiary/aromatic N) is 1. The summed E-state index contributed by atoms with van der Waals surface area (Å²) in [6, 6.07) is 3.78. The zero-order valence-electron chi connectivity index (χ0n) is 14.7. The number of phenolic OH excluding ortho intramolecular Hbond substituents is 2. The molecule has 1 heterocycles. The number of likely N-dealkylation sites (tertiary alicyclic amines) is 1. The third kappa shape index (κ3) is 1.43. The Morgan fingerprint density at radius 2 is 1.96 bits per heavy atom. The first-order valence-electron chi connectivity index (χ1n) is 10.0. The number of aromatic hydroxyl groups is 2. The predicted octanol–water partition coefficient (Wildman–Crippen LogP) is 2.68. The van der Waals surface area contributed by atoms with E-state index in [1.807, 2.05) is 6.07 Å². The van der Waals surface area contributed by atoms with Crippen molar-refractivity contribution in [2.45, 2.75) is 68.4 Å². The van der Waals surface area contributed by atoms with Gasteiger partial charge >= 0.3 is 0 Å². The quantitative estimate of drug-likeness (QED) is 0.724. The molecule has 5 aliphatic rings. The van der Waals surface area contributed by atoms with Crippen molar-refractivity contribution in [3.8, 4) is 11.5 Å². The van der Waals surface area contributed by atoms with Crippen molar-refractivity contribution in [3.63, 3.8) is 0 Å². The summed E-state index contributed by atoms with van der Waals surface area (Å²) in [5, 5.41) is 32.8. The van der Waals surface area contributed by atoms with Crippen LogP contribution in [0.4, 0.5) is 0 Å². The van der Waals surface area contributed by atoms with E-state index in [0.717, 1.165) is 62.2 Å². The minimum atomic E-state index is -0.722. The minimum absolute atomic E-state index is 0.00918. The highest BCUT2D eigenvalue weighted by Crippen LogP contribution is 2.77. The van der Waals surface area contributed by atoms with Crippen LogP contribution < -0.4 is 0 Å². The molecule has 1 aliphatic heterocycles. The molecule has 3 unspecified atom stereocenters. The minimum Gasteiger partial charge on any atom is -0.504 e. The fourth-order valence-electron chi connectivity index (χ4n) is 7.64. The largest absolute Gasteiger partial charge is 0.504 e. The van der Waals surface area contributed by atoms with Gasteiger partial charge in [-0.3, -0.25) is 4.90 Å². The molecule has 2 bridgehead atoms. The Morgan fingerprint density at radius 1 is 1.12 bits per heavy atom. The van der Waals surface area contributed by atoms with Gasteiger partial charge in [0.2, 0.25) is 0 Å². The monoisotopic (exact) mass is 341 g/mol. The van der Waals surface area contributed by atoms with Crippen molar-refractivity contribution >= 4 is 0 Å². The number of hydrogen-bond acceptors (Lipinski definition) is 4. The summed E-state index contributed by atoms with van der Waals surface area (Å²) < 4.78 is 0. The molecule has 0 spiro atoms. The van der Waals surface area contributed by atoms with Gasteiger partial charge in [-0.1, -0.05) is 18.9 Å². The van der Waals surface area contributed by atoms with Gasteiger partial charge in [-0.2, -0.15) is 0 Å². The maximum atomic E-state index is 12.1. The first-order chi connectivity index (χ1) is 12.0. The molecule has 4 fully saturated rings. The summed E-state index contributed by atoms with van der Waals surface area (Å²) in [6.07, 6.45) is 8.96. The average molecular weight is 341 g/mol. The van der Waals surface area contributed by atoms with Crippen molar-refractivity contribution in [1.82, 2.24) is 4.90 Å². The van der Waals surface area contributed by atoms with Crippen molar-refractivity contribution in [3.05, 3.63) is 23.3 Å². The second-order valence-corrected chi connectivity index (χ2v) is 9.57. The first kappa shape index (κ1) is 14.9. The number of rotatable bonds is 2. The first-order valence-corrected chi connectivity index (χ1v) is 10.0. The summed E-state index contributed by atoms with van der Waals surface area (Å²) in [6.45, 7) is 2.15. The van der Waals surface area contributed by atoms with Crippen LogP contribution in [0, 0.1) is 11.3 Å². The Labute approximate surface area is 148 Å². The summed E-state index contributed by atoms with van der Waals surface area (Å²) in [5.41, 5.74) is 0.948. The Hall–Kier alpha value is -1.26. The number of aliphatic hydroxyl groups is 1. The van der Waals surface area contributed by atoms with Crippen LogP contribution in [-0.2, 0) is 11.8 Å². The molecule has 0 aromatic heterocycles. The van der Waals surface area contributed by atoms with Gasteiger partial charge in [0.25, 0.3) is 0 Å². The zero-order valence-corrected chi connectivity index (χ0v) is 14.7. The van der Waals surface area contributed by atoms with Gasteiger partial charge in [-0.25, -0.2) is 0 Å². The van der Waals surface area contributed by atoms with Crippen LogP contribution >= 0.6 is 0 Å². The lowest BCUT2D eigenvalue weighted by Gasteiger charge is -2.72. The molecule has 6 rings (SSSR count). The third-order valence-corrected chi connectivity index (χ3v) is 8.72. The van der Waals surface area contributed by atoms with Gasteiger partial charge < -0.3 is 15.3 Å². The molecule has 0 radical (unpaired) electrons. The highest BCUT2D eigenvalue weighted by atomic mass is 16.3. The molecule has 1 saturated heterocycles. The van der Waals surface area contributed by atoms with Crippen molar-refractivity contribution in [2.24, 2.45) is 11.3 Å². The number of phenols is 2. The van der Waals surface area contributed by atoms with Crippen LogP contribution in [0.3, 0.4) is 0 Å². The zero-order chi connectivity index (χ0) is 17.0. The van der Waals surface area contributed by atoms with Crippen LogP contribution in [0.2, 0.25) is 0 Å². The van der Waals surface area contributed by atoms with Crippen molar-refractivity contribution < 1.29 is 15.3 Å². The number of hydrogen-bond donors (Lipinski definition) is 3. The molecule has 4 atom stereocenters. The van der Waals surface area contributed by atoms with Crippen molar-refractivity contribution in [2.75, 3.05) is 13.1 Å². The summed E-state index contributed by atoms with van der Waals surface area (Å²) >= 11 is 0. The van der Waals surface area contributed by atoms with E-state index in [1.165, 1.54) is 19.3 Å². The van der Waals surface area contributed by atoms with Crippen LogP contribution in [0.25, 0.3) is 0 Å². The van der Waals surface area contributed by atoms with Gasteiger partial charge in [-0.05, 0) is 56.1 Å². The fourth-order valence-corrected chi connectivity index (χ4v) is 7.64. The van der Waals surface area contributed by atoms with E-state index in [4.69, 9.17) is 0 Å². The van der Waals surface area contributed by atoms with Gasteiger partial charge in [0.15, 0.2) is 11.5 Å². The molecule has 4 nitrogen and oxygen atoms in total. The molecule has 1 aromatic carbocycles. The van der Waals surface area contributed by atoms with Gasteiger partial charge in [0.05, 0.1) is 5.60 Å². The van der Waals surface area contributed by atoms with Crippen LogP contribution in [0.15, 0.2) is 12.1 Å². The summed E-state index contributed by atoms with van der Waals surface area (Å²) in [5.74, 6) is 0.794. The number of benzene rings is 1. The average Bonchev–Trinajstić information content (AvgIpc) is 2.77. The molecule has 25 heavy (non-hydrogen) atoms. The van der Waals surface area contributed by atoms with E-state index in [1.54, 1.807) is 6.07 Å². The lowest BCUT2D eigenvalue weighted by atomic mass is 9.33. The van der Waals surface area contributed by atoms with E-state index in [-0.39, 0.29) is 28.4 Å². The Bertz CT molecular complexity index is 775. The Balaban J connectivity index is 1.51. The molecular weight excluding hydrogens is 314 g/mol. The van der Waals surface area contributed by atoms with E-state index in [2.05, 4.69) is 4.90 Å². The molecule has 134 valence electrons. The van der Waals surface area contributed by atoms with E-state index in [9.17, 15) is 15.3 Å². The van der Waals surface area contributed by atoms with Gasteiger partial charge in [0.1, 0.15) is 0 Å². The maximum Gasteiger partial charge on any atom is 0.161 e. The van der Waals surface area contributed by atoms with E-state index in [0.29, 0.717) is 0 Å². The smallest absolute Gasteiger partial charge is 0.161 e. The topological polar surface area (TPSA) is 63.9 Å². The van der Waals surface area contributed by atoms with E-state index >= 15 is 0 Å².